The van der Waals surface area contributed by atoms with E-state index in [1.54, 1.807) is 0 Å². The summed E-state index contributed by atoms with van der Waals surface area (Å²) < 4.78 is 6.47. The van der Waals surface area contributed by atoms with Gasteiger partial charge in [-0.1, -0.05) is 166 Å². The maximum Gasteiger partial charge on any atom is 0.143 e. The summed E-state index contributed by atoms with van der Waals surface area (Å²) in [5.74, 6) is 0. The predicted molar refractivity (Wildman–Crippen MR) is 232 cm³/mol. The maximum atomic E-state index is 6.47. The van der Waals surface area contributed by atoms with Gasteiger partial charge >= 0.3 is 0 Å². The van der Waals surface area contributed by atoms with Crippen molar-refractivity contribution in [1.29, 1.82) is 0 Å². The lowest BCUT2D eigenvalue weighted by molar-refractivity contribution is 0.660. The summed E-state index contributed by atoms with van der Waals surface area (Å²) in [6, 6.07) is 68.5. The number of anilines is 3. The molecule has 9 aromatic carbocycles. The number of nitrogens with zero attached hydrogens (tertiary/aromatic N) is 1. The van der Waals surface area contributed by atoms with Crippen LogP contribution in [0.4, 0.5) is 17.1 Å². The van der Waals surface area contributed by atoms with E-state index in [2.05, 4.69) is 195 Å². The Morgan fingerprint density at radius 2 is 1.02 bits per heavy atom. The second kappa shape index (κ2) is 12.1. The van der Waals surface area contributed by atoms with Gasteiger partial charge in [0, 0.05) is 38.7 Å². The third-order valence-electron chi connectivity index (χ3n) is 11.9. The van der Waals surface area contributed by atoms with Crippen LogP contribution in [-0.4, -0.2) is 0 Å². The minimum absolute atomic E-state index is 0.134. The molecule has 0 spiro atoms. The van der Waals surface area contributed by atoms with Gasteiger partial charge in [-0.25, -0.2) is 0 Å². The number of fused-ring (bicyclic) bond motifs is 8. The fraction of sp³-hybridized carbons (Fsp3) is 0.0566. The van der Waals surface area contributed by atoms with E-state index in [9.17, 15) is 0 Å². The van der Waals surface area contributed by atoms with Crippen LogP contribution in [0, 0.1) is 0 Å². The molecule has 10 aromatic rings. The topological polar surface area (TPSA) is 16.4 Å². The summed E-state index contributed by atoms with van der Waals surface area (Å²) in [6.45, 7) is 4.72. The first-order chi connectivity index (χ1) is 27.0. The molecule has 1 aliphatic rings. The van der Waals surface area contributed by atoms with E-state index in [4.69, 9.17) is 4.42 Å². The minimum atomic E-state index is -0.134. The molecule has 0 unspecified atom stereocenters. The van der Waals surface area contributed by atoms with Crippen molar-refractivity contribution in [3.05, 3.63) is 199 Å². The fourth-order valence-electron chi connectivity index (χ4n) is 9.20. The fourth-order valence-corrected chi connectivity index (χ4v) is 9.20. The Morgan fingerprint density at radius 3 is 1.87 bits per heavy atom. The molecule has 0 bridgehead atoms. The molecule has 0 fully saturated rings. The third-order valence-corrected chi connectivity index (χ3v) is 11.9. The number of hydrogen-bond donors (Lipinski definition) is 0. The molecule has 0 radical (unpaired) electrons. The summed E-state index contributed by atoms with van der Waals surface area (Å²) in [7, 11) is 0. The molecule has 2 nitrogen and oxygen atoms in total. The zero-order valence-electron chi connectivity index (χ0n) is 30.8. The zero-order chi connectivity index (χ0) is 36.7. The average molecular weight is 704 g/mol. The van der Waals surface area contributed by atoms with Crippen molar-refractivity contribution in [2.45, 2.75) is 19.3 Å². The van der Waals surface area contributed by atoms with Crippen molar-refractivity contribution in [2.24, 2.45) is 0 Å². The van der Waals surface area contributed by atoms with Crippen LogP contribution in [0.2, 0.25) is 0 Å². The van der Waals surface area contributed by atoms with Crippen molar-refractivity contribution in [2.75, 3.05) is 4.90 Å². The zero-order valence-corrected chi connectivity index (χ0v) is 30.8. The van der Waals surface area contributed by atoms with Gasteiger partial charge in [-0.15, -0.1) is 0 Å². The van der Waals surface area contributed by atoms with Crippen molar-refractivity contribution in [1.82, 2.24) is 0 Å². The van der Waals surface area contributed by atoms with E-state index in [0.29, 0.717) is 0 Å². The number of para-hydroxylation sites is 2. The highest BCUT2D eigenvalue weighted by Crippen LogP contribution is 2.52. The smallest absolute Gasteiger partial charge is 0.143 e. The van der Waals surface area contributed by atoms with E-state index in [1.807, 2.05) is 12.1 Å². The van der Waals surface area contributed by atoms with Gasteiger partial charge in [-0.2, -0.15) is 0 Å². The monoisotopic (exact) mass is 703 g/mol. The largest absolute Gasteiger partial charge is 0.455 e. The van der Waals surface area contributed by atoms with E-state index < -0.39 is 0 Å². The molecule has 11 rings (SSSR count). The molecule has 0 atom stereocenters. The number of hydrogen-bond acceptors (Lipinski definition) is 2. The first kappa shape index (κ1) is 31.6. The van der Waals surface area contributed by atoms with E-state index >= 15 is 0 Å². The molecule has 1 aliphatic carbocycles. The van der Waals surface area contributed by atoms with Gasteiger partial charge in [0.2, 0.25) is 0 Å². The molecule has 0 amide bonds. The Kier molecular flexibility index (Phi) is 6.93. The Balaban J connectivity index is 1.15. The van der Waals surface area contributed by atoms with Gasteiger partial charge < -0.3 is 9.32 Å². The lowest BCUT2D eigenvalue weighted by Crippen LogP contribution is -2.17. The van der Waals surface area contributed by atoms with Crippen LogP contribution in [0.5, 0.6) is 0 Å². The summed E-state index contributed by atoms with van der Waals surface area (Å²) in [5.41, 5.74) is 15.0. The number of benzene rings is 9. The van der Waals surface area contributed by atoms with Crippen LogP contribution in [-0.2, 0) is 5.41 Å². The Hall–Kier alpha value is -6.90. The van der Waals surface area contributed by atoms with Gasteiger partial charge in [0.1, 0.15) is 11.2 Å². The Labute approximate surface area is 320 Å². The van der Waals surface area contributed by atoms with E-state index in [1.165, 1.54) is 54.9 Å². The quantitative estimate of drug-likeness (QED) is 0.177. The summed E-state index contributed by atoms with van der Waals surface area (Å²) in [4.78, 5) is 2.47. The first-order valence-corrected chi connectivity index (χ1v) is 19.1. The highest BCUT2D eigenvalue weighted by atomic mass is 16.3. The van der Waals surface area contributed by atoms with Gasteiger partial charge in [-0.05, 0) is 91.3 Å². The number of furan rings is 1. The molecule has 55 heavy (non-hydrogen) atoms. The lowest BCUT2D eigenvalue weighted by atomic mass is 9.82. The van der Waals surface area contributed by atoms with E-state index in [-0.39, 0.29) is 5.41 Å². The molecule has 0 saturated heterocycles. The van der Waals surface area contributed by atoms with Crippen molar-refractivity contribution in [3.8, 4) is 33.4 Å². The lowest BCUT2D eigenvalue weighted by Gasteiger charge is -2.31. The summed E-state index contributed by atoms with van der Waals surface area (Å²) >= 11 is 0. The van der Waals surface area contributed by atoms with Gasteiger partial charge in [0.15, 0.2) is 0 Å². The van der Waals surface area contributed by atoms with E-state index in [0.717, 1.165) is 50.1 Å². The standard InChI is InChI=1S/C53H37NO/c1-53(2)47-23-9-7-18-42(47)43-31-30-38(33-48(43)53)54(37-28-25-36(26-29-37)41-20-12-22-46-44-19-8-10-24-50(44)55-52(41)46)49-32-27-35-14-4-6-17-40(35)51(49)45-21-11-15-34-13-3-5-16-39(34)45/h3-33H,1-2H3. The minimum Gasteiger partial charge on any atom is -0.455 e. The van der Waals surface area contributed by atoms with Crippen molar-refractivity contribution < 1.29 is 4.42 Å². The van der Waals surface area contributed by atoms with Crippen LogP contribution < -0.4 is 4.90 Å². The predicted octanol–water partition coefficient (Wildman–Crippen LogP) is 15.0. The molecule has 1 aromatic heterocycles. The van der Waals surface area contributed by atoms with Crippen molar-refractivity contribution >= 4 is 60.5 Å². The van der Waals surface area contributed by atoms with Crippen molar-refractivity contribution in [3.63, 3.8) is 0 Å². The molecular weight excluding hydrogens is 667 g/mol. The molecule has 0 aliphatic heterocycles. The summed E-state index contributed by atoms with van der Waals surface area (Å²) in [6.07, 6.45) is 0. The molecular formula is C53H37NO. The van der Waals surface area contributed by atoms with Gasteiger partial charge in [0.25, 0.3) is 0 Å². The van der Waals surface area contributed by atoms with Crippen LogP contribution in [0.15, 0.2) is 192 Å². The second-order valence-electron chi connectivity index (χ2n) is 15.3. The SMILES string of the molecule is CC1(C)c2ccccc2-c2ccc(N(c3ccc(-c4cccc5c4oc4ccccc45)cc3)c3ccc4ccccc4c3-c3cccc4ccccc34)cc21. The van der Waals surface area contributed by atoms with Crippen LogP contribution in [0.1, 0.15) is 25.0 Å². The molecule has 0 saturated carbocycles. The summed E-state index contributed by atoms with van der Waals surface area (Å²) in [5, 5.41) is 7.18. The molecule has 1 heterocycles. The molecule has 260 valence electrons. The van der Waals surface area contributed by atoms with Gasteiger partial charge in [0.05, 0.1) is 5.69 Å². The third kappa shape index (κ3) is 4.81. The second-order valence-corrected chi connectivity index (χ2v) is 15.3. The Morgan fingerprint density at radius 1 is 0.418 bits per heavy atom. The average Bonchev–Trinajstić information content (AvgIpc) is 3.73. The normalized spacial score (nSPS) is 13.1. The highest BCUT2D eigenvalue weighted by Gasteiger charge is 2.36. The van der Waals surface area contributed by atoms with Crippen LogP contribution in [0.3, 0.4) is 0 Å². The number of rotatable bonds is 5. The highest BCUT2D eigenvalue weighted by molar-refractivity contribution is 6.12. The van der Waals surface area contributed by atoms with Gasteiger partial charge in [-0.3, -0.25) is 0 Å². The Bertz CT molecular complexity index is 3120. The maximum absolute atomic E-state index is 6.47. The first-order valence-electron chi connectivity index (χ1n) is 19.1. The van der Waals surface area contributed by atoms with Crippen LogP contribution >= 0.6 is 0 Å². The van der Waals surface area contributed by atoms with Crippen LogP contribution in [0.25, 0.3) is 76.9 Å². The molecule has 2 heteroatoms. The molecule has 0 N–H and O–H groups in total.